The van der Waals surface area contributed by atoms with Crippen molar-refractivity contribution in [3.8, 4) is 11.1 Å². The highest BCUT2D eigenvalue weighted by Gasteiger charge is 2.09. The van der Waals surface area contributed by atoms with Crippen LogP contribution in [-0.2, 0) is 0 Å². The fourth-order valence-electron chi connectivity index (χ4n) is 2.44. The third-order valence-corrected chi connectivity index (χ3v) is 3.67. The minimum atomic E-state index is -0.900. The minimum absolute atomic E-state index is 0.307. The van der Waals surface area contributed by atoms with E-state index in [1.54, 1.807) is 12.1 Å². The largest absolute Gasteiger partial charge is 0.478 e. The van der Waals surface area contributed by atoms with E-state index in [1.807, 2.05) is 24.5 Å². The second-order valence-corrected chi connectivity index (χ2v) is 5.02. The molecule has 0 aromatic heterocycles. The van der Waals surface area contributed by atoms with Gasteiger partial charge in [0.2, 0.25) is 0 Å². The minimum Gasteiger partial charge on any atom is -0.478 e. The summed E-state index contributed by atoms with van der Waals surface area (Å²) in [6.07, 6.45) is 6.82. The summed E-state index contributed by atoms with van der Waals surface area (Å²) < 4.78 is 0. The summed E-state index contributed by atoms with van der Waals surface area (Å²) in [5.41, 5.74) is 3.68. The van der Waals surface area contributed by atoms with Crippen molar-refractivity contribution >= 4 is 12.2 Å². The van der Waals surface area contributed by atoms with Crippen molar-refractivity contribution in [3.63, 3.8) is 0 Å². The van der Waals surface area contributed by atoms with Crippen molar-refractivity contribution in [2.45, 2.75) is 12.3 Å². The Hall–Kier alpha value is -2.68. The fourth-order valence-corrected chi connectivity index (χ4v) is 2.44. The number of hydrogen-bond donors (Lipinski definition) is 1. The standard InChI is InChI=1S/C18H15NO2/c20-18(21)17-7-5-14(6-8-17)13-1-3-15(4-2-13)16-9-11-19-12-10-16/h1-9,11-12,16H,10H2,(H,20,21). The van der Waals surface area contributed by atoms with Crippen molar-refractivity contribution < 1.29 is 9.90 Å². The maximum absolute atomic E-state index is 10.9. The second-order valence-electron chi connectivity index (χ2n) is 5.02. The first kappa shape index (κ1) is 13.3. The fraction of sp³-hybridized carbons (Fsp3) is 0.111. The Morgan fingerprint density at radius 1 is 1.00 bits per heavy atom. The summed E-state index contributed by atoms with van der Waals surface area (Å²) in [5.74, 6) is -0.506. The Morgan fingerprint density at radius 2 is 1.62 bits per heavy atom. The molecule has 21 heavy (non-hydrogen) atoms. The molecular formula is C18H15NO2. The molecule has 1 atom stereocenters. The smallest absolute Gasteiger partial charge is 0.335 e. The van der Waals surface area contributed by atoms with E-state index in [0.29, 0.717) is 11.5 Å². The third kappa shape index (κ3) is 2.92. The van der Waals surface area contributed by atoms with E-state index in [-0.39, 0.29) is 0 Å². The quantitative estimate of drug-likeness (QED) is 0.917. The summed E-state index contributed by atoms with van der Waals surface area (Å²) in [7, 11) is 0. The van der Waals surface area contributed by atoms with Crippen LogP contribution in [0.2, 0.25) is 0 Å². The van der Waals surface area contributed by atoms with Gasteiger partial charge in [-0.2, -0.15) is 0 Å². The van der Waals surface area contributed by atoms with Gasteiger partial charge < -0.3 is 5.11 Å². The molecule has 3 heteroatoms. The van der Waals surface area contributed by atoms with Gasteiger partial charge in [-0.3, -0.25) is 4.99 Å². The lowest BCUT2D eigenvalue weighted by Gasteiger charge is -2.13. The van der Waals surface area contributed by atoms with E-state index < -0.39 is 5.97 Å². The molecule has 1 N–H and O–H groups in total. The Bertz CT molecular complexity index is 697. The maximum atomic E-state index is 10.9. The molecular weight excluding hydrogens is 262 g/mol. The molecule has 0 spiro atoms. The van der Waals surface area contributed by atoms with Crippen molar-refractivity contribution in [2.75, 3.05) is 0 Å². The first-order chi connectivity index (χ1) is 10.2. The third-order valence-electron chi connectivity index (χ3n) is 3.67. The van der Waals surface area contributed by atoms with E-state index in [2.05, 4.69) is 35.3 Å². The number of nitrogens with zero attached hydrogens (tertiary/aromatic N) is 1. The highest BCUT2D eigenvalue weighted by molar-refractivity contribution is 5.88. The van der Waals surface area contributed by atoms with Crippen molar-refractivity contribution in [2.24, 2.45) is 4.99 Å². The van der Waals surface area contributed by atoms with E-state index in [4.69, 9.17) is 5.11 Å². The molecule has 0 radical (unpaired) electrons. The Balaban J connectivity index is 1.82. The van der Waals surface area contributed by atoms with Crippen molar-refractivity contribution in [3.05, 3.63) is 71.9 Å². The van der Waals surface area contributed by atoms with Crippen LogP contribution in [0.1, 0.15) is 28.3 Å². The number of carboxylic acids is 1. The molecule has 1 aliphatic rings. The zero-order chi connectivity index (χ0) is 14.7. The van der Waals surface area contributed by atoms with Crippen LogP contribution >= 0.6 is 0 Å². The van der Waals surface area contributed by atoms with E-state index in [1.165, 1.54) is 5.56 Å². The SMILES string of the molecule is O=C(O)c1ccc(-c2ccc(C3C=CN=CC3)cc2)cc1. The molecule has 3 nitrogen and oxygen atoms in total. The lowest BCUT2D eigenvalue weighted by atomic mass is 9.93. The van der Waals surface area contributed by atoms with Gasteiger partial charge in [0.05, 0.1) is 5.56 Å². The van der Waals surface area contributed by atoms with Crippen LogP contribution in [0.15, 0.2) is 65.8 Å². The number of carboxylic acid groups (broad SMARTS) is 1. The number of allylic oxidation sites excluding steroid dienone is 1. The van der Waals surface area contributed by atoms with Crippen LogP contribution in [0.5, 0.6) is 0 Å². The zero-order valence-electron chi connectivity index (χ0n) is 11.4. The number of benzene rings is 2. The first-order valence-electron chi connectivity index (χ1n) is 6.86. The van der Waals surface area contributed by atoms with Crippen LogP contribution in [0.3, 0.4) is 0 Å². The van der Waals surface area contributed by atoms with Crippen LogP contribution in [0.4, 0.5) is 0 Å². The normalized spacial score (nSPS) is 16.9. The molecule has 1 unspecified atom stereocenters. The lowest BCUT2D eigenvalue weighted by Crippen LogP contribution is -1.98. The average Bonchev–Trinajstić information content (AvgIpc) is 2.56. The number of carbonyl (C=O) groups is 1. The van der Waals surface area contributed by atoms with Crippen LogP contribution in [0, 0.1) is 0 Å². The predicted octanol–water partition coefficient (Wildman–Crippen LogP) is 4.12. The number of rotatable bonds is 3. The van der Waals surface area contributed by atoms with Gasteiger partial charge in [0, 0.05) is 18.3 Å². The summed E-state index contributed by atoms with van der Waals surface area (Å²) >= 11 is 0. The predicted molar refractivity (Wildman–Crippen MR) is 83.8 cm³/mol. The van der Waals surface area contributed by atoms with Gasteiger partial charge in [0.15, 0.2) is 0 Å². The van der Waals surface area contributed by atoms with Gasteiger partial charge in [-0.05, 0) is 35.2 Å². The summed E-state index contributed by atoms with van der Waals surface area (Å²) in [6.45, 7) is 0. The van der Waals surface area contributed by atoms with Gasteiger partial charge >= 0.3 is 5.97 Å². The van der Waals surface area contributed by atoms with E-state index in [0.717, 1.165) is 17.5 Å². The molecule has 104 valence electrons. The molecule has 0 aliphatic carbocycles. The lowest BCUT2D eigenvalue weighted by molar-refractivity contribution is 0.0697. The highest BCUT2D eigenvalue weighted by Crippen LogP contribution is 2.26. The van der Waals surface area contributed by atoms with Gasteiger partial charge in [0.25, 0.3) is 0 Å². The average molecular weight is 277 g/mol. The number of hydrogen-bond acceptors (Lipinski definition) is 2. The monoisotopic (exact) mass is 277 g/mol. The topological polar surface area (TPSA) is 49.7 Å². The molecule has 0 bridgehead atoms. The molecule has 0 fully saturated rings. The van der Waals surface area contributed by atoms with E-state index >= 15 is 0 Å². The zero-order valence-corrected chi connectivity index (χ0v) is 11.4. The van der Waals surface area contributed by atoms with E-state index in [9.17, 15) is 4.79 Å². The highest BCUT2D eigenvalue weighted by atomic mass is 16.4. The molecule has 0 saturated carbocycles. The first-order valence-corrected chi connectivity index (χ1v) is 6.86. The van der Waals surface area contributed by atoms with Gasteiger partial charge in [-0.15, -0.1) is 0 Å². The van der Waals surface area contributed by atoms with Gasteiger partial charge in [0.1, 0.15) is 0 Å². The Labute approximate surface area is 123 Å². The Kier molecular flexibility index (Phi) is 3.65. The summed E-state index contributed by atoms with van der Waals surface area (Å²) in [4.78, 5) is 14.9. The van der Waals surface area contributed by atoms with Gasteiger partial charge in [-0.1, -0.05) is 42.5 Å². The molecule has 0 amide bonds. The number of aliphatic imine (C=N–C) groups is 1. The summed E-state index contributed by atoms with van der Waals surface area (Å²) in [5, 5.41) is 8.91. The molecule has 2 aromatic carbocycles. The van der Waals surface area contributed by atoms with Crippen molar-refractivity contribution in [1.82, 2.24) is 0 Å². The molecule has 1 aliphatic heterocycles. The van der Waals surface area contributed by atoms with Crippen LogP contribution < -0.4 is 0 Å². The van der Waals surface area contributed by atoms with Crippen molar-refractivity contribution in [1.29, 1.82) is 0 Å². The summed E-state index contributed by atoms with van der Waals surface area (Å²) in [6, 6.07) is 15.3. The van der Waals surface area contributed by atoms with Crippen LogP contribution in [-0.4, -0.2) is 17.3 Å². The maximum Gasteiger partial charge on any atom is 0.335 e. The van der Waals surface area contributed by atoms with Gasteiger partial charge in [-0.25, -0.2) is 4.79 Å². The second kappa shape index (κ2) is 5.75. The molecule has 3 rings (SSSR count). The Morgan fingerprint density at radius 3 is 2.14 bits per heavy atom. The van der Waals surface area contributed by atoms with Crippen LogP contribution in [0.25, 0.3) is 11.1 Å². The number of aromatic carboxylic acids is 1. The molecule has 1 heterocycles. The molecule has 2 aromatic rings. The molecule has 0 saturated heterocycles.